The number of hydrogen-bond donors (Lipinski definition) is 2. The van der Waals surface area contributed by atoms with Crippen molar-refractivity contribution < 1.29 is 23.8 Å². The van der Waals surface area contributed by atoms with Crippen LogP contribution in [0.25, 0.3) is 0 Å². The molecule has 0 amide bonds. The predicted octanol–water partition coefficient (Wildman–Crippen LogP) is 1.23. The third-order valence-corrected chi connectivity index (χ3v) is 4.24. The summed E-state index contributed by atoms with van der Waals surface area (Å²) in [6.07, 6.45) is 0. The summed E-state index contributed by atoms with van der Waals surface area (Å²) >= 11 is 0. The molecule has 0 bridgehead atoms. The van der Waals surface area contributed by atoms with Gasteiger partial charge in [0.1, 0.15) is 25.4 Å². The largest absolute Gasteiger partial charge is 0.485 e. The molecule has 2 rings (SSSR count). The van der Waals surface area contributed by atoms with Gasteiger partial charge in [0, 0.05) is 12.1 Å². The molecule has 0 saturated carbocycles. The molecule has 1 aromatic carbocycles. The lowest BCUT2D eigenvalue weighted by atomic mass is 10.2. The molecule has 6 heteroatoms. The molecular weight excluding hydrogens is 272 g/mol. The molecule has 0 aliphatic carbocycles. The minimum absolute atomic E-state index is 0.188. The van der Waals surface area contributed by atoms with E-state index in [4.69, 9.17) is 19.9 Å². The van der Waals surface area contributed by atoms with Crippen LogP contribution in [0.15, 0.2) is 12.1 Å². The number of likely N-dealkylation sites (N-methyl/N-ethyl adjacent to an activating group) is 1. The molecule has 1 aliphatic heterocycles. The number of fused-ring (bicyclic) bond motifs is 1. The fraction of sp³-hybridized carbons (Fsp3) is 0.600. The number of ether oxygens (including phenoxy) is 3. The Bertz CT molecular complexity index is 475. The smallest absolute Gasteiger partial charge is 0.231 e. The van der Waals surface area contributed by atoms with E-state index in [1.54, 1.807) is 12.1 Å². The number of rotatable bonds is 8. The normalized spacial score (nSPS) is 13.5. The van der Waals surface area contributed by atoms with Crippen LogP contribution in [0.3, 0.4) is 0 Å². The molecule has 118 valence electrons. The number of hydrogen-bond acceptors (Lipinski definition) is 5. The lowest BCUT2D eigenvalue weighted by Gasteiger charge is -2.36. The van der Waals surface area contributed by atoms with Crippen molar-refractivity contribution in [2.24, 2.45) is 0 Å². The van der Waals surface area contributed by atoms with E-state index in [0.717, 1.165) is 30.7 Å². The van der Waals surface area contributed by atoms with Gasteiger partial charge in [0.05, 0.1) is 25.4 Å². The molecule has 6 nitrogen and oxygen atoms in total. The van der Waals surface area contributed by atoms with Gasteiger partial charge in [-0.05, 0) is 13.8 Å². The summed E-state index contributed by atoms with van der Waals surface area (Å²) in [6.45, 7) is 8.74. The van der Waals surface area contributed by atoms with E-state index in [-0.39, 0.29) is 13.4 Å². The molecule has 0 atom stereocenters. The van der Waals surface area contributed by atoms with Gasteiger partial charge in [-0.3, -0.25) is 0 Å². The fourth-order valence-electron chi connectivity index (χ4n) is 2.59. The molecule has 3 N–H and O–H groups in total. The van der Waals surface area contributed by atoms with Gasteiger partial charge in [0.25, 0.3) is 0 Å². The van der Waals surface area contributed by atoms with Crippen LogP contribution in [-0.2, 0) is 0 Å². The Labute approximate surface area is 125 Å². The summed E-state index contributed by atoms with van der Waals surface area (Å²) in [5.74, 6) is 1.95. The molecule has 0 aromatic heterocycles. The standard InChI is InChI=1S/C15H25N2O4/c1-3-17(4-2,5-7-18)6-8-19-13-10-15-14(9-12(13)16)20-11-21-15/h9-10,18H,3-8,11,16H2,1-2H3/q+1. The van der Waals surface area contributed by atoms with Crippen LogP contribution in [-0.4, -0.2) is 55.8 Å². The summed E-state index contributed by atoms with van der Waals surface area (Å²) in [5.41, 5.74) is 6.51. The number of aliphatic hydroxyl groups is 1. The van der Waals surface area contributed by atoms with Crippen molar-refractivity contribution in [2.75, 3.05) is 51.9 Å². The maximum atomic E-state index is 9.22. The van der Waals surface area contributed by atoms with E-state index in [1.807, 2.05) is 0 Å². The van der Waals surface area contributed by atoms with Crippen molar-refractivity contribution in [3.63, 3.8) is 0 Å². The van der Waals surface area contributed by atoms with Crippen LogP contribution >= 0.6 is 0 Å². The lowest BCUT2D eigenvalue weighted by Crippen LogP contribution is -2.51. The van der Waals surface area contributed by atoms with E-state index in [1.165, 1.54) is 0 Å². The third kappa shape index (κ3) is 3.51. The van der Waals surface area contributed by atoms with Crippen molar-refractivity contribution >= 4 is 5.69 Å². The van der Waals surface area contributed by atoms with Gasteiger partial charge in [0.15, 0.2) is 11.5 Å². The SMILES string of the molecule is CC[N+](CC)(CCO)CCOc1cc2c(cc1N)OCO2. The summed E-state index contributed by atoms with van der Waals surface area (Å²) in [7, 11) is 0. The van der Waals surface area contributed by atoms with Crippen molar-refractivity contribution in [2.45, 2.75) is 13.8 Å². The molecule has 0 saturated heterocycles. The summed E-state index contributed by atoms with van der Waals surface area (Å²) in [6, 6.07) is 3.50. The van der Waals surface area contributed by atoms with Crippen LogP contribution in [0.2, 0.25) is 0 Å². The number of quaternary nitrogens is 1. The molecular formula is C15H25N2O4+. The van der Waals surface area contributed by atoms with Gasteiger partial charge < -0.3 is 29.5 Å². The quantitative estimate of drug-likeness (QED) is 0.557. The Morgan fingerprint density at radius 2 is 1.86 bits per heavy atom. The van der Waals surface area contributed by atoms with Gasteiger partial charge in [-0.15, -0.1) is 0 Å². The summed E-state index contributed by atoms with van der Waals surface area (Å²) < 4.78 is 17.2. The van der Waals surface area contributed by atoms with E-state index >= 15 is 0 Å². The average molecular weight is 297 g/mol. The molecule has 0 radical (unpaired) electrons. The second kappa shape index (κ2) is 6.87. The molecule has 1 aliphatic rings. The Hall–Kier alpha value is -1.66. The molecule has 0 fully saturated rings. The van der Waals surface area contributed by atoms with Gasteiger partial charge in [0.2, 0.25) is 6.79 Å². The third-order valence-electron chi connectivity index (χ3n) is 4.24. The highest BCUT2D eigenvalue weighted by Crippen LogP contribution is 2.39. The zero-order chi connectivity index (χ0) is 15.3. The highest BCUT2D eigenvalue weighted by atomic mass is 16.7. The number of aliphatic hydroxyl groups excluding tert-OH is 1. The van der Waals surface area contributed by atoms with E-state index in [2.05, 4.69) is 13.8 Å². The molecule has 1 aromatic rings. The molecule has 0 unspecified atom stereocenters. The van der Waals surface area contributed by atoms with Crippen molar-refractivity contribution in [3.05, 3.63) is 12.1 Å². The average Bonchev–Trinajstić information content (AvgIpc) is 2.93. The minimum atomic E-state index is 0.188. The molecule has 21 heavy (non-hydrogen) atoms. The monoisotopic (exact) mass is 297 g/mol. The zero-order valence-electron chi connectivity index (χ0n) is 12.8. The van der Waals surface area contributed by atoms with Gasteiger partial charge in [-0.25, -0.2) is 0 Å². The summed E-state index contributed by atoms with van der Waals surface area (Å²) in [5, 5.41) is 9.22. The highest BCUT2D eigenvalue weighted by molar-refractivity contribution is 5.62. The van der Waals surface area contributed by atoms with Crippen LogP contribution in [0.4, 0.5) is 5.69 Å². The second-order valence-corrected chi connectivity index (χ2v) is 5.24. The first kappa shape index (κ1) is 15.7. The number of nitrogens with two attached hydrogens (primary N) is 1. The van der Waals surface area contributed by atoms with Crippen LogP contribution in [0.5, 0.6) is 17.2 Å². The number of anilines is 1. The first-order valence-electron chi connectivity index (χ1n) is 7.42. The van der Waals surface area contributed by atoms with Crippen LogP contribution in [0, 0.1) is 0 Å². The topological polar surface area (TPSA) is 73.9 Å². The van der Waals surface area contributed by atoms with E-state index < -0.39 is 0 Å². The van der Waals surface area contributed by atoms with E-state index in [0.29, 0.717) is 29.5 Å². The van der Waals surface area contributed by atoms with Crippen molar-refractivity contribution in [3.8, 4) is 17.2 Å². The zero-order valence-corrected chi connectivity index (χ0v) is 12.8. The lowest BCUT2D eigenvalue weighted by molar-refractivity contribution is -0.925. The minimum Gasteiger partial charge on any atom is -0.485 e. The highest BCUT2D eigenvalue weighted by Gasteiger charge is 2.23. The van der Waals surface area contributed by atoms with Gasteiger partial charge in [-0.2, -0.15) is 0 Å². The number of benzene rings is 1. The number of nitrogen functional groups attached to an aromatic ring is 1. The Kier molecular flexibility index (Phi) is 5.14. The van der Waals surface area contributed by atoms with Crippen LogP contribution < -0.4 is 19.9 Å². The Balaban J connectivity index is 1.97. The van der Waals surface area contributed by atoms with Gasteiger partial charge in [-0.1, -0.05) is 0 Å². The fourth-order valence-corrected chi connectivity index (χ4v) is 2.59. The maximum absolute atomic E-state index is 9.22. The first-order valence-corrected chi connectivity index (χ1v) is 7.42. The summed E-state index contributed by atoms with van der Waals surface area (Å²) in [4.78, 5) is 0. The van der Waals surface area contributed by atoms with Crippen molar-refractivity contribution in [1.29, 1.82) is 0 Å². The first-order chi connectivity index (χ1) is 10.1. The molecule has 1 heterocycles. The van der Waals surface area contributed by atoms with Gasteiger partial charge >= 0.3 is 0 Å². The van der Waals surface area contributed by atoms with E-state index in [9.17, 15) is 5.11 Å². The van der Waals surface area contributed by atoms with Crippen molar-refractivity contribution in [1.82, 2.24) is 0 Å². The molecule has 0 spiro atoms. The van der Waals surface area contributed by atoms with Crippen LogP contribution in [0.1, 0.15) is 13.8 Å². The second-order valence-electron chi connectivity index (χ2n) is 5.24. The maximum Gasteiger partial charge on any atom is 0.231 e. The predicted molar refractivity (Wildman–Crippen MR) is 80.6 cm³/mol. The Morgan fingerprint density at radius 1 is 1.19 bits per heavy atom. The number of nitrogens with zero attached hydrogens (tertiary/aromatic N) is 1. The Morgan fingerprint density at radius 3 is 2.48 bits per heavy atom.